The van der Waals surface area contributed by atoms with Crippen LogP contribution in [0, 0.1) is 0 Å². The summed E-state index contributed by atoms with van der Waals surface area (Å²) in [6, 6.07) is 21.1. The second-order valence-corrected chi connectivity index (χ2v) is 10.3. The number of nitrogens with one attached hydrogen (secondary N) is 2. The number of guanidine groups is 1. The molecule has 2 aromatic rings. The first-order valence-electron chi connectivity index (χ1n) is 10.8. The molecule has 0 aliphatic heterocycles. The number of rotatable bonds is 12. The highest BCUT2D eigenvalue weighted by atomic mass is 127. The van der Waals surface area contributed by atoms with Gasteiger partial charge in [-0.15, -0.1) is 24.0 Å². The molecule has 0 aliphatic rings. The van der Waals surface area contributed by atoms with Crippen LogP contribution in [0.5, 0.6) is 0 Å². The smallest absolute Gasteiger partial charge is 0.191 e. The molecule has 2 N–H and O–H groups in total. The molecule has 0 aliphatic carbocycles. The molecular formula is C24H37IN4O2S. The molecule has 0 aromatic heterocycles. The number of benzene rings is 2. The number of nitrogens with zero attached hydrogens (tertiary/aromatic N) is 2. The molecular weight excluding hydrogens is 535 g/mol. The standard InChI is InChI=1S/C24H36N4O2S.HI/c1-21(15-18-31(3,29)30)27-24(25-2)26-16-10-17-28(19-22-11-6-4-7-12-22)20-23-13-8-5-9-14-23;/h4-9,11-14,21H,10,15-20H2,1-3H3,(H2,25,26,27);1H. The quantitative estimate of drug-likeness (QED) is 0.176. The highest BCUT2D eigenvalue weighted by Crippen LogP contribution is 2.10. The molecule has 178 valence electrons. The Labute approximate surface area is 210 Å². The van der Waals surface area contributed by atoms with Crippen LogP contribution in [0.1, 0.15) is 30.9 Å². The summed E-state index contributed by atoms with van der Waals surface area (Å²) in [5.41, 5.74) is 2.62. The summed E-state index contributed by atoms with van der Waals surface area (Å²) >= 11 is 0. The van der Waals surface area contributed by atoms with Crippen LogP contribution in [0.25, 0.3) is 0 Å². The normalized spacial score (nSPS) is 12.8. The van der Waals surface area contributed by atoms with E-state index in [0.29, 0.717) is 12.4 Å². The summed E-state index contributed by atoms with van der Waals surface area (Å²) < 4.78 is 22.7. The topological polar surface area (TPSA) is 73.8 Å². The van der Waals surface area contributed by atoms with Gasteiger partial charge in [-0.3, -0.25) is 9.89 Å². The van der Waals surface area contributed by atoms with E-state index in [9.17, 15) is 8.42 Å². The van der Waals surface area contributed by atoms with Gasteiger partial charge in [0.15, 0.2) is 5.96 Å². The van der Waals surface area contributed by atoms with Crippen molar-refractivity contribution in [1.29, 1.82) is 0 Å². The van der Waals surface area contributed by atoms with Gasteiger partial charge in [0, 0.05) is 45.5 Å². The van der Waals surface area contributed by atoms with Gasteiger partial charge in [0.2, 0.25) is 0 Å². The Kier molecular flexibility index (Phi) is 13.5. The van der Waals surface area contributed by atoms with Gasteiger partial charge in [-0.05, 0) is 30.9 Å². The van der Waals surface area contributed by atoms with Crippen LogP contribution in [-0.4, -0.2) is 57.5 Å². The third kappa shape index (κ3) is 12.4. The lowest BCUT2D eigenvalue weighted by Crippen LogP contribution is -2.43. The van der Waals surface area contributed by atoms with Crippen molar-refractivity contribution in [3.8, 4) is 0 Å². The molecule has 0 heterocycles. The van der Waals surface area contributed by atoms with Crippen molar-refractivity contribution in [1.82, 2.24) is 15.5 Å². The Balaban J connectivity index is 0.00000512. The fourth-order valence-electron chi connectivity index (χ4n) is 3.30. The van der Waals surface area contributed by atoms with E-state index in [0.717, 1.165) is 32.6 Å². The van der Waals surface area contributed by atoms with E-state index in [1.807, 2.05) is 19.1 Å². The maximum absolute atomic E-state index is 11.3. The Morgan fingerprint density at radius 2 is 1.53 bits per heavy atom. The summed E-state index contributed by atoms with van der Waals surface area (Å²) in [4.78, 5) is 6.71. The van der Waals surface area contributed by atoms with Crippen LogP contribution in [0.4, 0.5) is 0 Å². The van der Waals surface area contributed by atoms with Crippen molar-refractivity contribution >= 4 is 39.8 Å². The van der Waals surface area contributed by atoms with E-state index >= 15 is 0 Å². The van der Waals surface area contributed by atoms with Crippen molar-refractivity contribution in [2.24, 2.45) is 4.99 Å². The summed E-state index contributed by atoms with van der Waals surface area (Å²) in [5, 5.41) is 6.61. The molecule has 0 amide bonds. The van der Waals surface area contributed by atoms with E-state index < -0.39 is 9.84 Å². The van der Waals surface area contributed by atoms with Crippen LogP contribution in [0.2, 0.25) is 0 Å². The van der Waals surface area contributed by atoms with Crippen LogP contribution in [0.3, 0.4) is 0 Å². The zero-order valence-electron chi connectivity index (χ0n) is 19.3. The predicted molar refractivity (Wildman–Crippen MR) is 145 cm³/mol. The third-order valence-corrected chi connectivity index (χ3v) is 5.95. The molecule has 0 fully saturated rings. The van der Waals surface area contributed by atoms with Gasteiger partial charge in [0.05, 0.1) is 5.75 Å². The Bertz CT molecular complexity index is 851. The highest BCUT2D eigenvalue weighted by molar-refractivity contribution is 14.0. The van der Waals surface area contributed by atoms with Gasteiger partial charge in [-0.25, -0.2) is 8.42 Å². The van der Waals surface area contributed by atoms with E-state index in [-0.39, 0.29) is 35.8 Å². The monoisotopic (exact) mass is 572 g/mol. The number of sulfone groups is 1. The predicted octanol–water partition coefficient (Wildman–Crippen LogP) is 3.69. The lowest BCUT2D eigenvalue weighted by Gasteiger charge is -2.23. The maximum Gasteiger partial charge on any atom is 0.191 e. The number of hydrogen-bond acceptors (Lipinski definition) is 4. The number of hydrogen-bond donors (Lipinski definition) is 2. The molecule has 2 aromatic carbocycles. The molecule has 8 heteroatoms. The van der Waals surface area contributed by atoms with Crippen LogP contribution >= 0.6 is 24.0 Å². The Morgan fingerprint density at radius 3 is 2.00 bits per heavy atom. The van der Waals surface area contributed by atoms with E-state index in [2.05, 4.69) is 69.1 Å². The molecule has 0 spiro atoms. The van der Waals surface area contributed by atoms with Crippen LogP contribution in [-0.2, 0) is 22.9 Å². The summed E-state index contributed by atoms with van der Waals surface area (Å²) in [6.07, 6.45) is 2.79. The molecule has 0 saturated carbocycles. The minimum Gasteiger partial charge on any atom is -0.356 e. The first-order valence-corrected chi connectivity index (χ1v) is 12.9. The van der Waals surface area contributed by atoms with Crippen molar-refractivity contribution < 1.29 is 8.42 Å². The minimum absolute atomic E-state index is 0. The number of aliphatic imine (C=N–C) groups is 1. The summed E-state index contributed by atoms with van der Waals surface area (Å²) in [6.45, 7) is 5.53. The molecule has 0 radical (unpaired) electrons. The largest absolute Gasteiger partial charge is 0.356 e. The molecule has 2 rings (SSSR count). The summed E-state index contributed by atoms with van der Waals surface area (Å²) in [5.74, 6) is 0.880. The van der Waals surface area contributed by atoms with Crippen molar-refractivity contribution in [2.45, 2.75) is 38.9 Å². The molecule has 0 bridgehead atoms. The second kappa shape index (κ2) is 15.2. The minimum atomic E-state index is -2.95. The Morgan fingerprint density at radius 1 is 1.00 bits per heavy atom. The van der Waals surface area contributed by atoms with Crippen LogP contribution < -0.4 is 10.6 Å². The van der Waals surface area contributed by atoms with Gasteiger partial charge in [-0.2, -0.15) is 0 Å². The third-order valence-electron chi connectivity index (χ3n) is 4.97. The van der Waals surface area contributed by atoms with E-state index in [1.54, 1.807) is 7.05 Å². The molecule has 6 nitrogen and oxygen atoms in total. The summed E-state index contributed by atoms with van der Waals surface area (Å²) in [7, 11) is -1.22. The lowest BCUT2D eigenvalue weighted by molar-refractivity contribution is 0.254. The van der Waals surface area contributed by atoms with Crippen LogP contribution in [0.15, 0.2) is 65.7 Å². The van der Waals surface area contributed by atoms with Crippen molar-refractivity contribution in [3.63, 3.8) is 0 Å². The zero-order valence-corrected chi connectivity index (χ0v) is 22.5. The average Bonchev–Trinajstić information content (AvgIpc) is 2.75. The Hall–Kier alpha value is -1.65. The van der Waals surface area contributed by atoms with Gasteiger partial charge >= 0.3 is 0 Å². The van der Waals surface area contributed by atoms with Crippen molar-refractivity contribution in [3.05, 3.63) is 71.8 Å². The zero-order chi connectivity index (χ0) is 22.5. The van der Waals surface area contributed by atoms with Gasteiger partial charge < -0.3 is 10.6 Å². The molecule has 1 unspecified atom stereocenters. The molecule has 0 saturated heterocycles. The van der Waals surface area contributed by atoms with Crippen molar-refractivity contribution in [2.75, 3.05) is 32.1 Å². The first kappa shape index (κ1) is 28.4. The fraction of sp³-hybridized carbons (Fsp3) is 0.458. The fourth-order valence-corrected chi connectivity index (χ4v) is 4.08. The van der Waals surface area contributed by atoms with Gasteiger partial charge in [0.1, 0.15) is 9.84 Å². The first-order chi connectivity index (χ1) is 14.9. The van der Waals surface area contributed by atoms with Gasteiger partial charge in [-0.1, -0.05) is 60.7 Å². The maximum atomic E-state index is 11.3. The highest BCUT2D eigenvalue weighted by Gasteiger charge is 2.10. The van der Waals surface area contributed by atoms with Gasteiger partial charge in [0.25, 0.3) is 0 Å². The molecule has 1 atom stereocenters. The van der Waals surface area contributed by atoms with E-state index in [4.69, 9.17) is 0 Å². The lowest BCUT2D eigenvalue weighted by atomic mass is 10.1. The number of halogens is 1. The average molecular weight is 573 g/mol. The second-order valence-electron chi connectivity index (χ2n) is 8.00. The van der Waals surface area contributed by atoms with E-state index in [1.165, 1.54) is 17.4 Å². The SMILES string of the molecule is CN=C(NCCCN(Cc1ccccc1)Cc1ccccc1)NC(C)CCS(C)(=O)=O.I. The molecule has 32 heavy (non-hydrogen) atoms.